The van der Waals surface area contributed by atoms with Crippen LogP contribution in [0.1, 0.15) is 58.8 Å². The second-order valence-electron chi connectivity index (χ2n) is 5.51. The highest BCUT2D eigenvalue weighted by molar-refractivity contribution is 5.97. The number of aromatic amines is 1. The van der Waals surface area contributed by atoms with Crippen LogP contribution in [0.5, 0.6) is 0 Å². The molecule has 1 aromatic carbocycles. The number of H-pyrrole nitrogens is 1. The summed E-state index contributed by atoms with van der Waals surface area (Å²) in [6, 6.07) is 6.76. The van der Waals surface area contributed by atoms with Crippen LogP contribution >= 0.6 is 0 Å². The molecule has 22 heavy (non-hydrogen) atoms. The number of benzene rings is 1. The highest BCUT2D eigenvalue weighted by atomic mass is 16.2. The van der Waals surface area contributed by atoms with Crippen molar-refractivity contribution in [2.24, 2.45) is 0 Å². The predicted octanol–water partition coefficient (Wildman–Crippen LogP) is 2.37. The molecule has 1 aromatic heterocycles. The summed E-state index contributed by atoms with van der Waals surface area (Å²) in [7, 11) is 0. The van der Waals surface area contributed by atoms with Crippen molar-refractivity contribution in [1.29, 1.82) is 0 Å². The van der Waals surface area contributed by atoms with Crippen molar-refractivity contribution >= 4 is 11.7 Å². The first-order valence-electron chi connectivity index (χ1n) is 7.44. The van der Waals surface area contributed by atoms with Gasteiger partial charge in [-0.3, -0.25) is 14.7 Å². The number of amides is 1. The fourth-order valence-corrected chi connectivity index (χ4v) is 2.85. The van der Waals surface area contributed by atoms with Gasteiger partial charge in [-0.2, -0.15) is 5.10 Å². The van der Waals surface area contributed by atoms with E-state index in [1.54, 1.807) is 24.3 Å². The quantitative estimate of drug-likeness (QED) is 0.882. The van der Waals surface area contributed by atoms with Gasteiger partial charge in [0.1, 0.15) is 12.2 Å². The van der Waals surface area contributed by atoms with Crippen molar-refractivity contribution in [3.05, 3.63) is 47.5 Å². The lowest BCUT2D eigenvalue weighted by molar-refractivity contribution is 0.0600. The lowest BCUT2D eigenvalue weighted by atomic mass is 9.99. The number of ketones is 1. The standard InChI is InChI=1S/C16H18N4O2/c1-11(21)12-5-7-13(8-6-12)16(22)20-9-3-2-4-14(20)15-17-10-18-19-15/h5-8,10,14H,2-4,9H2,1H3,(H,17,18,19)/t14-/m1/s1. The van der Waals surface area contributed by atoms with Gasteiger partial charge < -0.3 is 4.90 Å². The zero-order valence-electron chi connectivity index (χ0n) is 12.5. The third-order valence-corrected chi connectivity index (χ3v) is 4.05. The molecular formula is C16H18N4O2. The lowest BCUT2D eigenvalue weighted by Gasteiger charge is -2.34. The Hall–Kier alpha value is -2.50. The monoisotopic (exact) mass is 298 g/mol. The largest absolute Gasteiger partial charge is 0.328 e. The molecular weight excluding hydrogens is 280 g/mol. The number of aromatic nitrogens is 3. The van der Waals surface area contributed by atoms with Crippen molar-refractivity contribution in [3.8, 4) is 0 Å². The molecule has 1 aliphatic rings. The molecule has 0 unspecified atom stereocenters. The van der Waals surface area contributed by atoms with Gasteiger partial charge in [-0.05, 0) is 38.3 Å². The molecule has 2 heterocycles. The summed E-state index contributed by atoms with van der Waals surface area (Å²) in [6.45, 7) is 2.22. The van der Waals surface area contributed by atoms with Gasteiger partial charge in [0.2, 0.25) is 0 Å². The molecule has 1 atom stereocenters. The van der Waals surface area contributed by atoms with Crippen LogP contribution in [-0.2, 0) is 0 Å². The average molecular weight is 298 g/mol. The SMILES string of the molecule is CC(=O)c1ccc(C(=O)N2CCCC[C@@H]2c2ncn[nH]2)cc1. The molecule has 1 saturated heterocycles. The molecule has 1 amide bonds. The van der Waals surface area contributed by atoms with Crippen molar-refractivity contribution in [2.75, 3.05) is 6.54 Å². The van der Waals surface area contributed by atoms with E-state index >= 15 is 0 Å². The number of hydrogen-bond acceptors (Lipinski definition) is 4. The van der Waals surface area contributed by atoms with E-state index in [1.165, 1.54) is 13.3 Å². The molecule has 6 nitrogen and oxygen atoms in total. The number of rotatable bonds is 3. The van der Waals surface area contributed by atoms with E-state index in [0.717, 1.165) is 25.1 Å². The van der Waals surface area contributed by atoms with E-state index < -0.39 is 0 Å². The van der Waals surface area contributed by atoms with Crippen LogP contribution in [-0.4, -0.2) is 38.3 Å². The Kier molecular flexibility index (Phi) is 4.00. The summed E-state index contributed by atoms with van der Waals surface area (Å²) in [5.41, 5.74) is 1.21. The van der Waals surface area contributed by atoms with E-state index in [-0.39, 0.29) is 17.7 Å². The fourth-order valence-electron chi connectivity index (χ4n) is 2.85. The molecule has 6 heteroatoms. The predicted molar refractivity (Wildman–Crippen MR) is 80.5 cm³/mol. The van der Waals surface area contributed by atoms with Gasteiger partial charge in [-0.25, -0.2) is 4.98 Å². The van der Waals surface area contributed by atoms with Crippen molar-refractivity contribution < 1.29 is 9.59 Å². The van der Waals surface area contributed by atoms with Crippen LogP contribution in [0.25, 0.3) is 0 Å². The van der Waals surface area contributed by atoms with Crippen molar-refractivity contribution in [2.45, 2.75) is 32.2 Å². The third-order valence-electron chi connectivity index (χ3n) is 4.05. The van der Waals surface area contributed by atoms with Gasteiger partial charge in [0.15, 0.2) is 5.78 Å². The van der Waals surface area contributed by atoms with E-state index in [4.69, 9.17) is 0 Å². The van der Waals surface area contributed by atoms with E-state index in [2.05, 4.69) is 15.2 Å². The molecule has 0 bridgehead atoms. The number of Topliss-reactive ketones (excluding diaryl/α,β-unsaturated/α-hetero) is 1. The number of nitrogens with one attached hydrogen (secondary N) is 1. The first-order valence-corrected chi connectivity index (χ1v) is 7.44. The second kappa shape index (κ2) is 6.09. The van der Waals surface area contributed by atoms with Gasteiger partial charge in [0.05, 0.1) is 6.04 Å². The molecule has 1 fully saturated rings. The summed E-state index contributed by atoms with van der Waals surface area (Å²) in [6.07, 6.45) is 4.40. The topological polar surface area (TPSA) is 79.0 Å². The van der Waals surface area contributed by atoms with Gasteiger partial charge in [-0.15, -0.1) is 0 Å². The molecule has 0 radical (unpaired) electrons. The highest BCUT2D eigenvalue weighted by Gasteiger charge is 2.30. The molecule has 1 N–H and O–H groups in total. The second-order valence-corrected chi connectivity index (χ2v) is 5.51. The summed E-state index contributed by atoms with van der Waals surface area (Å²) < 4.78 is 0. The summed E-state index contributed by atoms with van der Waals surface area (Å²) in [5.74, 6) is 0.695. The van der Waals surface area contributed by atoms with Gasteiger partial charge in [-0.1, -0.05) is 12.1 Å². The van der Waals surface area contributed by atoms with Crippen LogP contribution < -0.4 is 0 Å². The Morgan fingerprint density at radius 2 is 1.91 bits per heavy atom. The molecule has 114 valence electrons. The van der Waals surface area contributed by atoms with Crippen molar-refractivity contribution in [1.82, 2.24) is 20.1 Å². The van der Waals surface area contributed by atoms with Crippen molar-refractivity contribution in [3.63, 3.8) is 0 Å². The minimum atomic E-state index is -0.0590. The minimum absolute atomic E-state index is 0.00323. The number of piperidine rings is 1. The first-order chi connectivity index (χ1) is 10.7. The number of nitrogens with zero attached hydrogens (tertiary/aromatic N) is 3. The Labute approximate surface area is 128 Å². The van der Waals surface area contributed by atoms with Gasteiger partial charge in [0, 0.05) is 17.7 Å². The van der Waals surface area contributed by atoms with Crippen LogP contribution in [0.15, 0.2) is 30.6 Å². The summed E-state index contributed by atoms with van der Waals surface area (Å²) >= 11 is 0. The van der Waals surface area contributed by atoms with Gasteiger partial charge in [0.25, 0.3) is 5.91 Å². The van der Waals surface area contributed by atoms with Crippen LogP contribution in [0.2, 0.25) is 0 Å². The average Bonchev–Trinajstić information content (AvgIpc) is 3.08. The number of carbonyl (C=O) groups excluding carboxylic acids is 2. The maximum absolute atomic E-state index is 12.8. The van der Waals surface area contributed by atoms with Crippen LogP contribution in [0.4, 0.5) is 0 Å². The molecule has 0 aliphatic carbocycles. The van der Waals surface area contributed by atoms with E-state index in [1.807, 2.05) is 4.90 Å². The molecule has 1 aliphatic heterocycles. The fraction of sp³-hybridized carbons (Fsp3) is 0.375. The van der Waals surface area contributed by atoms with Crippen LogP contribution in [0, 0.1) is 0 Å². The van der Waals surface area contributed by atoms with Gasteiger partial charge >= 0.3 is 0 Å². The smallest absolute Gasteiger partial charge is 0.254 e. The third kappa shape index (κ3) is 2.77. The van der Waals surface area contributed by atoms with Crippen LogP contribution in [0.3, 0.4) is 0 Å². The maximum Gasteiger partial charge on any atom is 0.254 e. The number of likely N-dealkylation sites (tertiary alicyclic amines) is 1. The highest BCUT2D eigenvalue weighted by Crippen LogP contribution is 2.29. The Balaban J connectivity index is 1.84. The normalized spacial score (nSPS) is 18.2. The minimum Gasteiger partial charge on any atom is -0.328 e. The Morgan fingerprint density at radius 3 is 2.55 bits per heavy atom. The van der Waals surface area contributed by atoms with E-state index in [0.29, 0.717) is 17.7 Å². The number of carbonyl (C=O) groups is 2. The molecule has 2 aromatic rings. The lowest BCUT2D eigenvalue weighted by Crippen LogP contribution is -2.39. The first kappa shape index (κ1) is 14.4. The zero-order chi connectivity index (χ0) is 15.5. The summed E-state index contributed by atoms with van der Waals surface area (Å²) in [5, 5.41) is 6.75. The Bertz CT molecular complexity index is 664. The molecule has 0 saturated carbocycles. The molecule has 3 rings (SSSR count). The number of hydrogen-bond donors (Lipinski definition) is 1. The Morgan fingerprint density at radius 1 is 1.18 bits per heavy atom. The maximum atomic E-state index is 12.8. The van der Waals surface area contributed by atoms with E-state index in [9.17, 15) is 9.59 Å². The zero-order valence-corrected chi connectivity index (χ0v) is 12.5. The molecule has 0 spiro atoms. The summed E-state index contributed by atoms with van der Waals surface area (Å²) in [4.78, 5) is 30.1.